The number of aromatic nitrogens is 1. The lowest BCUT2D eigenvalue weighted by Crippen LogP contribution is -2.33. The molecule has 0 saturated carbocycles. The minimum Gasteiger partial charge on any atom is -0.465 e. The van der Waals surface area contributed by atoms with Crippen molar-refractivity contribution >= 4 is 11.9 Å². The van der Waals surface area contributed by atoms with Crippen LogP contribution in [0.2, 0.25) is 0 Å². The van der Waals surface area contributed by atoms with Crippen LogP contribution >= 0.6 is 0 Å². The highest BCUT2D eigenvalue weighted by Gasteiger charge is 2.23. The van der Waals surface area contributed by atoms with Gasteiger partial charge in [0.15, 0.2) is 0 Å². The number of methoxy groups -OCH3 is 1. The van der Waals surface area contributed by atoms with Crippen LogP contribution < -0.4 is 5.32 Å². The first-order valence-corrected chi connectivity index (χ1v) is 8.06. The van der Waals surface area contributed by atoms with Gasteiger partial charge >= 0.3 is 5.97 Å². The molecule has 1 heterocycles. The molecule has 0 bridgehead atoms. The van der Waals surface area contributed by atoms with Gasteiger partial charge in [0, 0.05) is 11.7 Å². The van der Waals surface area contributed by atoms with E-state index in [0.717, 1.165) is 12.8 Å². The van der Waals surface area contributed by atoms with Crippen molar-refractivity contribution in [1.29, 1.82) is 0 Å². The van der Waals surface area contributed by atoms with E-state index in [1.165, 1.54) is 12.7 Å². The van der Waals surface area contributed by atoms with Crippen molar-refractivity contribution in [2.75, 3.05) is 7.11 Å². The summed E-state index contributed by atoms with van der Waals surface area (Å²) >= 11 is 0. The van der Waals surface area contributed by atoms with E-state index in [9.17, 15) is 9.59 Å². The number of esters is 1. The van der Waals surface area contributed by atoms with Gasteiger partial charge in [-0.25, -0.2) is 4.79 Å². The van der Waals surface area contributed by atoms with Gasteiger partial charge in [-0.15, -0.1) is 0 Å². The zero-order valence-corrected chi connectivity index (χ0v) is 14.6. The van der Waals surface area contributed by atoms with Gasteiger partial charge in [0.1, 0.15) is 5.69 Å². The van der Waals surface area contributed by atoms with E-state index in [-0.39, 0.29) is 11.9 Å². The maximum Gasteiger partial charge on any atom is 0.339 e. The predicted molar refractivity (Wildman–Crippen MR) is 93.3 cm³/mol. The van der Waals surface area contributed by atoms with E-state index in [0.29, 0.717) is 22.5 Å². The van der Waals surface area contributed by atoms with E-state index in [1.807, 2.05) is 25.1 Å². The number of benzene rings is 1. The second-order valence-electron chi connectivity index (χ2n) is 6.02. The van der Waals surface area contributed by atoms with E-state index in [1.54, 1.807) is 13.8 Å². The summed E-state index contributed by atoms with van der Waals surface area (Å²) in [5.41, 5.74) is 3.35. The summed E-state index contributed by atoms with van der Waals surface area (Å²) in [6.45, 7) is 5.49. The molecular weight excluding hydrogens is 304 g/mol. The molecule has 0 aliphatic carbocycles. The molecule has 1 amide bonds. The number of aryl methyl sites for hydroxylation is 2. The molecule has 1 aromatic heterocycles. The summed E-state index contributed by atoms with van der Waals surface area (Å²) < 4.78 is 4.77. The lowest BCUT2D eigenvalue weighted by atomic mass is 10.1. The van der Waals surface area contributed by atoms with Gasteiger partial charge in [-0.1, -0.05) is 30.3 Å². The zero-order valence-electron chi connectivity index (χ0n) is 14.6. The Morgan fingerprint density at radius 1 is 1.21 bits per heavy atom. The average Bonchev–Trinajstić information content (AvgIpc) is 2.88. The highest BCUT2D eigenvalue weighted by Crippen LogP contribution is 2.19. The van der Waals surface area contributed by atoms with Gasteiger partial charge in [-0.2, -0.15) is 0 Å². The van der Waals surface area contributed by atoms with Crippen LogP contribution in [0.1, 0.15) is 51.0 Å². The fourth-order valence-electron chi connectivity index (χ4n) is 2.78. The average molecular weight is 328 g/mol. The maximum absolute atomic E-state index is 12.5. The molecule has 1 unspecified atom stereocenters. The monoisotopic (exact) mass is 328 g/mol. The fraction of sp³-hybridized carbons (Fsp3) is 0.368. The van der Waals surface area contributed by atoms with Crippen molar-refractivity contribution in [3.63, 3.8) is 0 Å². The molecule has 1 atom stereocenters. The number of H-pyrrole nitrogens is 1. The van der Waals surface area contributed by atoms with Crippen molar-refractivity contribution in [1.82, 2.24) is 10.3 Å². The molecule has 2 aromatic rings. The van der Waals surface area contributed by atoms with Crippen LogP contribution in [-0.2, 0) is 11.2 Å². The molecule has 0 aliphatic rings. The summed E-state index contributed by atoms with van der Waals surface area (Å²) in [5, 5.41) is 2.98. The predicted octanol–water partition coefficient (Wildman–Crippen LogP) is 3.17. The Morgan fingerprint density at radius 2 is 1.88 bits per heavy atom. The van der Waals surface area contributed by atoms with Crippen LogP contribution in [-0.4, -0.2) is 30.0 Å². The summed E-state index contributed by atoms with van der Waals surface area (Å²) in [5.74, 6) is -0.635. The van der Waals surface area contributed by atoms with Crippen molar-refractivity contribution in [2.24, 2.45) is 0 Å². The number of rotatable bonds is 6. The van der Waals surface area contributed by atoms with E-state index >= 15 is 0 Å². The number of aromatic amines is 1. The number of nitrogens with one attached hydrogen (secondary N) is 2. The number of hydrogen-bond donors (Lipinski definition) is 2. The number of hydrogen-bond acceptors (Lipinski definition) is 3. The minimum atomic E-state index is -0.433. The van der Waals surface area contributed by atoms with Crippen molar-refractivity contribution in [3.8, 4) is 0 Å². The van der Waals surface area contributed by atoms with Gasteiger partial charge in [-0.3, -0.25) is 4.79 Å². The third-order valence-electron chi connectivity index (χ3n) is 4.14. The summed E-state index contributed by atoms with van der Waals surface area (Å²) in [6.07, 6.45) is 1.75. The van der Waals surface area contributed by atoms with Crippen molar-refractivity contribution < 1.29 is 14.3 Å². The molecular formula is C19H24N2O3. The fourth-order valence-corrected chi connectivity index (χ4v) is 2.78. The molecule has 24 heavy (non-hydrogen) atoms. The summed E-state index contributed by atoms with van der Waals surface area (Å²) in [4.78, 5) is 27.3. The van der Waals surface area contributed by atoms with Crippen LogP contribution in [0.3, 0.4) is 0 Å². The maximum atomic E-state index is 12.5. The van der Waals surface area contributed by atoms with Crippen molar-refractivity contribution in [3.05, 3.63) is 58.4 Å². The first-order chi connectivity index (χ1) is 11.4. The molecule has 5 heteroatoms. The Labute approximate surface area is 142 Å². The van der Waals surface area contributed by atoms with Crippen molar-refractivity contribution in [2.45, 2.75) is 39.7 Å². The van der Waals surface area contributed by atoms with Crippen LogP contribution in [0.4, 0.5) is 0 Å². The molecule has 0 spiro atoms. The molecule has 0 saturated heterocycles. The Balaban J connectivity index is 2.00. The summed E-state index contributed by atoms with van der Waals surface area (Å²) in [7, 11) is 1.33. The topological polar surface area (TPSA) is 71.2 Å². The van der Waals surface area contributed by atoms with Gasteiger partial charge in [0.05, 0.1) is 12.7 Å². The molecule has 5 nitrogen and oxygen atoms in total. The third kappa shape index (κ3) is 4.04. The summed E-state index contributed by atoms with van der Waals surface area (Å²) in [6, 6.07) is 10.2. The van der Waals surface area contributed by atoms with Gasteiger partial charge in [0.25, 0.3) is 5.91 Å². The second-order valence-corrected chi connectivity index (χ2v) is 6.02. The second kappa shape index (κ2) is 7.81. The van der Waals surface area contributed by atoms with E-state index in [4.69, 9.17) is 4.74 Å². The lowest BCUT2D eigenvalue weighted by Gasteiger charge is -2.14. The molecule has 2 N–H and O–H groups in total. The largest absolute Gasteiger partial charge is 0.465 e. The first-order valence-electron chi connectivity index (χ1n) is 8.06. The zero-order chi connectivity index (χ0) is 17.7. The number of amides is 1. The molecule has 1 aromatic carbocycles. The van der Waals surface area contributed by atoms with E-state index < -0.39 is 5.97 Å². The third-order valence-corrected chi connectivity index (χ3v) is 4.14. The Kier molecular flexibility index (Phi) is 5.79. The van der Waals surface area contributed by atoms with Crippen LogP contribution in [0.5, 0.6) is 0 Å². The molecule has 0 radical (unpaired) electrons. The molecule has 0 aliphatic heterocycles. The normalized spacial score (nSPS) is 11.8. The smallest absolute Gasteiger partial charge is 0.339 e. The molecule has 128 valence electrons. The van der Waals surface area contributed by atoms with Crippen LogP contribution in [0.25, 0.3) is 0 Å². The van der Waals surface area contributed by atoms with Gasteiger partial charge < -0.3 is 15.0 Å². The van der Waals surface area contributed by atoms with E-state index in [2.05, 4.69) is 22.4 Å². The number of carbonyl (C=O) groups is 2. The van der Waals surface area contributed by atoms with Gasteiger partial charge in [-0.05, 0) is 44.7 Å². The quantitative estimate of drug-likeness (QED) is 0.800. The Bertz CT molecular complexity index is 720. The minimum absolute atomic E-state index is 0.0299. The van der Waals surface area contributed by atoms with Crippen LogP contribution in [0, 0.1) is 13.8 Å². The Hall–Kier alpha value is -2.56. The van der Waals surface area contributed by atoms with Crippen LogP contribution in [0.15, 0.2) is 30.3 Å². The first kappa shape index (κ1) is 17.8. The lowest BCUT2D eigenvalue weighted by molar-refractivity contribution is 0.0599. The number of ether oxygens (including phenoxy) is 1. The molecule has 2 rings (SSSR count). The van der Waals surface area contributed by atoms with Gasteiger partial charge in [0.2, 0.25) is 0 Å². The SMILES string of the molecule is COC(=O)c1c(C)[nH]c(C(=O)NC(C)CCc2ccccc2)c1C. The highest BCUT2D eigenvalue weighted by molar-refractivity contribution is 6.00. The molecule has 0 fully saturated rings. The highest BCUT2D eigenvalue weighted by atomic mass is 16.5. The Morgan fingerprint density at radius 3 is 2.50 bits per heavy atom. The number of carbonyl (C=O) groups excluding carboxylic acids is 2. The standard InChI is InChI=1S/C19H24N2O3/c1-12(10-11-15-8-6-5-7-9-15)20-18(22)17-13(2)16(14(3)21-17)19(23)24-4/h5-9,12,21H,10-11H2,1-4H3,(H,20,22).